The van der Waals surface area contributed by atoms with E-state index in [0.717, 1.165) is 11.1 Å². The van der Waals surface area contributed by atoms with E-state index in [2.05, 4.69) is 11.4 Å². The molecule has 0 spiro atoms. The first-order valence-corrected chi connectivity index (χ1v) is 9.53. The van der Waals surface area contributed by atoms with Gasteiger partial charge in [-0.05, 0) is 42.5 Å². The summed E-state index contributed by atoms with van der Waals surface area (Å²) < 4.78 is 0. The van der Waals surface area contributed by atoms with Crippen molar-refractivity contribution in [1.29, 1.82) is 5.26 Å². The normalized spacial score (nSPS) is 16.5. The number of aliphatic carboxylic acids is 1. The fraction of sp³-hybridized carbons (Fsp3) is 0.318. The van der Waals surface area contributed by atoms with Crippen molar-refractivity contribution in [3.8, 4) is 6.07 Å². The summed E-state index contributed by atoms with van der Waals surface area (Å²) in [6.07, 6.45) is 1.41. The van der Waals surface area contributed by atoms with E-state index in [9.17, 15) is 14.9 Å². The van der Waals surface area contributed by atoms with E-state index in [1.54, 1.807) is 29.2 Å². The number of rotatable bonds is 5. The highest BCUT2D eigenvalue weighted by molar-refractivity contribution is 5.89. The first-order valence-electron chi connectivity index (χ1n) is 9.53. The number of carboxylic acid groups (broad SMARTS) is 1. The summed E-state index contributed by atoms with van der Waals surface area (Å²) in [5.41, 5.74) is 7.40. The SMILES string of the molecule is N#CC1(c2ccccc2)CCN(C(=O)Nc2ccc(C[C@H](N)C(=O)O)cc2)CC1. The molecule has 1 aliphatic rings. The third kappa shape index (κ3) is 4.73. The van der Waals surface area contributed by atoms with Crippen LogP contribution in [0.3, 0.4) is 0 Å². The molecule has 0 unspecified atom stereocenters. The first kappa shape index (κ1) is 20.4. The molecule has 29 heavy (non-hydrogen) atoms. The molecule has 150 valence electrons. The molecule has 0 saturated carbocycles. The van der Waals surface area contributed by atoms with Crippen LogP contribution in [0.4, 0.5) is 10.5 Å². The number of likely N-dealkylation sites (tertiary alicyclic amines) is 1. The van der Waals surface area contributed by atoms with Gasteiger partial charge in [-0.25, -0.2) is 4.79 Å². The van der Waals surface area contributed by atoms with Crippen molar-refractivity contribution in [2.45, 2.75) is 30.7 Å². The van der Waals surface area contributed by atoms with E-state index in [1.807, 2.05) is 30.3 Å². The Morgan fingerprint density at radius 3 is 2.31 bits per heavy atom. The van der Waals surface area contributed by atoms with E-state index in [0.29, 0.717) is 31.6 Å². The molecule has 1 heterocycles. The van der Waals surface area contributed by atoms with Gasteiger partial charge in [-0.3, -0.25) is 4.79 Å². The van der Waals surface area contributed by atoms with Crippen LogP contribution in [0.2, 0.25) is 0 Å². The quantitative estimate of drug-likeness (QED) is 0.723. The van der Waals surface area contributed by atoms with Gasteiger partial charge in [0, 0.05) is 18.8 Å². The Balaban J connectivity index is 1.57. The third-order valence-electron chi connectivity index (χ3n) is 5.42. The van der Waals surface area contributed by atoms with Crippen molar-refractivity contribution in [2.24, 2.45) is 5.73 Å². The molecular formula is C22H24N4O3. The van der Waals surface area contributed by atoms with E-state index in [4.69, 9.17) is 10.8 Å². The van der Waals surface area contributed by atoms with Crippen LogP contribution < -0.4 is 11.1 Å². The molecule has 1 aliphatic heterocycles. The van der Waals surface area contributed by atoms with Crippen molar-refractivity contribution < 1.29 is 14.7 Å². The Labute approximate surface area is 169 Å². The van der Waals surface area contributed by atoms with Crippen LogP contribution in [0, 0.1) is 11.3 Å². The Bertz CT molecular complexity index is 898. The zero-order valence-corrected chi connectivity index (χ0v) is 16.0. The lowest BCUT2D eigenvalue weighted by molar-refractivity contribution is -0.138. The van der Waals surface area contributed by atoms with Crippen LogP contribution >= 0.6 is 0 Å². The lowest BCUT2D eigenvalue weighted by atomic mass is 9.74. The molecule has 7 nitrogen and oxygen atoms in total. The number of carbonyl (C=O) groups excluding carboxylic acids is 1. The summed E-state index contributed by atoms with van der Waals surface area (Å²) in [4.78, 5) is 25.1. The van der Waals surface area contributed by atoms with Crippen LogP contribution in [-0.2, 0) is 16.6 Å². The van der Waals surface area contributed by atoms with Gasteiger partial charge < -0.3 is 21.1 Å². The van der Waals surface area contributed by atoms with Crippen LogP contribution in [0.25, 0.3) is 0 Å². The Morgan fingerprint density at radius 2 is 1.76 bits per heavy atom. The van der Waals surface area contributed by atoms with Gasteiger partial charge in [0.15, 0.2) is 0 Å². The molecule has 1 saturated heterocycles. The largest absolute Gasteiger partial charge is 0.480 e. The topological polar surface area (TPSA) is 119 Å². The van der Waals surface area contributed by atoms with Crippen LogP contribution in [0.1, 0.15) is 24.0 Å². The molecule has 0 aromatic heterocycles. The van der Waals surface area contributed by atoms with Gasteiger partial charge in [0.2, 0.25) is 0 Å². The summed E-state index contributed by atoms with van der Waals surface area (Å²) in [5.74, 6) is -1.04. The fourth-order valence-electron chi connectivity index (χ4n) is 3.58. The summed E-state index contributed by atoms with van der Waals surface area (Å²) in [7, 11) is 0. The number of nitrogens with one attached hydrogen (secondary N) is 1. The Kier molecular flexibility index (Phi) is 6.15. The number of amides is 2. The number of nitrogens with two attached hydrogens (primary N) is 1. The summed E-state index contributed by atoms with van der Waals surface area (Å²) in [6.45, 7) is 1.000. The van der Waals surface area contributed by atoms with Crippen molar-refractivity contribution in [2.75, 3.05) is 18.4 Å². The molecule has 1 atom stereocenters. The molecule has 2 aromatic rings. The third-order valence-corrected chi connectivity index (χ3v) is 5.42. The Hall–Kier alpha value is -3.37. The molecule has 4 N–H and O–H groups in total. The van der Waals surface area contributed by atoms with Crippen LogP contribution in [0.5, 0.6) is 0 Å². The number of nitriles is 1. The van der Waals surface area contributed by atoms with Crippen LogP contribution in [0.15, 0.2) is 54.6 Å². The van der Waals surface area contributed by atoms with Crippen molar-refractivity contribution in [3.05, 3.63) is 65.7 Å². The summed E-state index contributed by atoms with van der Waals surface area (Å²) in [6, 6.07) is 18.0. The van der Waals surface area contributed by atoms with E-state index < -0.39 is 17.4 Å². The lowest BCUT2D eigenvalue weighted by Gasteiger charge is -2.37. The average molecular weight is 392 g/mol. The molecule has 3 rings (SSSR count). The minimum Gasteiger partial charge on any atom is -0.480 e. The molecule has 2 aromatic carbocycles. The van der Waals surface area contributed by atoms with Crippen molar-refractivity contribution >= 4 is 17.7 Å². The highest BCUT2D eigenvalue weighted by atomic mass is 16.4. The number of nitrogens with zero attached hydrogens (tertiary/aromatic N) is 2. The van der Waals surface area contributed by atoms with E-state index in [-0.39, 0.29) is 12.5 Å². The van der Waals surface area contributed by atoms with E-state index in [1.165, 1.54) is 0 Å². The molecule has 0 bridgehead atoms. The number of urea groups is 1. The predicted octanol–water partition coefficient (Wildman–Crippen LogP) is 2.73. The van der Waals surface area contributed by atoms with Crippen molar-refractivity contribution in [1.82, 2.24) is 4.90 Å². The van der Waals surface area contributed by atoms with Crippen molar-refractivity contribution in [3.63, 3.8) is 0 Å². The average Bonchev–Trinajstić information content (AvgIpc) is 2.75. The Morgan fingerprint density at radius 1 is 1.14 bits per heavy atom. The predicted molar refractivity (Wildman–Crippen MR) is 109 cm³/mol. The van der Waals surface area contributed by atoms with Gasteiger partial charge in [0.05, 0.1) is 11.5 Å². The molecule has 2 amide bonds. The first-order chi connectivity index (χ1) is 13.9. The lowest BCUT2D eigenvalue weighted by Crippen LogP contribution is -2.46. The van der Waals surface area contributed by atoms with Gasteiger partial charge in [-0.15, -0.1) is 0 Å². The second kappa shape index (κ2) is 8.76. The summed E-state index contributed by atoms with van der Waals surface area (Å²) >= 11 is 0. The maximum Gasteiger partial charge on any atom is 0.321 e. The highest BCUT2D eigenvalue weighted by Gasteiger charge is 2.37. The van der Waals surface area contributed by atoms with Gasteiger partial charge in [-0.1, -0.05) is 42.5 Å². The van der Waals surface area contributed by atoms with Gasteiger partial charge >= 0.3 is 12.0 Å². The minimum absolute atomic E-state index is 0.209. The maximum atomic E-state index is 12.6. The highest BCUT2D eigenvalue weighted by Crippen LogP contribution is 2.35. The number of hydrogen-bond donors (Lipinski definition) is 3. The zero-order valence-electron chi connectivity index (χ0n) is 16.0. The second-order valence-electron chi connectivity index (χ2n) is 7.32. The minimum atomic E-state index is -1.04. The molecular weight excluding hydrogens is 368 g/mol. The number of carboxylic acids is 1. The summed E-state index contributed by atoms with van der Waals surface area (Å²) in [5, 5.41) is 21.5. The molecule has 0 radical (unpaired) electrons. The smallest absolute Gasteiger partial charge is 0.321 e. The molecule has 1 fully saturated rings. The van der Waals surface area contributed by atoms with Gasteiger partial charge in [-0.2, -0.15) is 5.26 Å². The van der Waals surface area contributed by atoms with Gasteiger partial charge in [0.25, 0.3) is 0 Å². The van der Waals surface area contributed by atoms with E-state index >= 15 is 0 Å². The van der Waals surface area contributed by atoms with Gasteiger partial charge in [0.1, 0.15) is 6.04 Å². The number of anilines is 1. The number of carbonyl (C=O) groups is 2. The second-order valence-corrected chi connectivity index (χ2v) is 7.32. The number of piperidine rings is 1. The maximum absolute atomic E-state index is 12.6. The fourth-order valence-corrected chi connectivity index (χ4v) is 3.58. The zero-order chi connectivity index (χ0) is 20.9. The molecule has 7 heteroatoms. The number of hydrogen-bond acceptors (Lipinski definition) is 4. The monoisotopic (exact) mass is 392 g/mol. The molecule has 0 aliphatic carbocycles. The number of benzene rings is 2. The van der Waals surface area contributed by atoms with Crippen LogP contribution in [-0.4, -0.2) is 41.1 Å². The standard InChI is InChI=1S/C22H24N4O3/c23-15-22(17-4-2-1-3-5-17)10-12-26(13-11-22)21(29)25-18-8-6-16(7-9-18)14-19(24)20(27)28/h1-9,19H,10-14,24H2,(H,25,29)(H,27,28)/t19-/m0/s1.